The van der Waals surface area contributed by atoms with Gasteiger partial charge < -0.3 is 20.1 Å². The number of carbonyl (C=O) groups excluding carboxylic acids is 1. The van der Waals surface area contributed by atoms with E-state index in [9.17, 15) is 9.90 Å². The summed E-state index contributed by atoms with van der Waals surface area (Å²) in [6.07, 6.45) is -1.37. The highest BCUT2D eigenvalue weighted by Crippen LogP contribution is 2.19. The molecular weight excluding hydrogens is 260 g/mol. The average molecular weight is 278 g/mol. The highest BCUT2D eigenvalue weighted by molar-refractivity contribution is 6.35. The van der Waals surface area contributed by atoms with Crippen LogP contribution in [0, 0.1) is 0 Å². The zero-order valence-electron chi connectivity index (χ0n) is 12.0. The lowest BCUT2D eigenvalue weighted by atomic mass is 10.0. The van der Waals surface area contributed by atoms with E-state index in [1.54, 1.807) is 45.0 Å². The van der Waals surface area contributed by atoms with Crippen LogP contribution in [-0.4, -0.2) is 34.3 Å². The fourth-order valence-electron chi connectivity index (χ4n) is 1.48. The molecule has 108 valence electrons. The van der Waals surface area contributed by atoms with Crippen LogP contribution in [0.25, 0.3) is 5.53 Å². The van der Waals surface area contributed by atoms with Crippen LogP contribution >= 0.6 is 0 Å². The highest BCUT2D eigenvalue weighted by Gasteiger charge is 2.35. The molecule has 6 heteroatoms. The van der Waals surface area contributed by atoms with Crippen LogP contribution < -0.4 is 4.74 Å². The van der Waals surface area contributed by atoms with Gasteiger partial charge in [0.1, 0.15) is 11.4 Å². The number of benzene rings is 1. The maximum absolute atomic E-state index is 11.8. The van der Waals surface area contributed by atoms with Crippen LogP contribution in [0.5, 0.6) is 5.75 Å². The molecule has 0 radical (unpaired) electrons. The maximum atomic E-state index is 11.8. The molecule has 0 heterocycles. The van der Waals surface area contributed by atoms with E-state index in [-0.39, 0.29) is 0 Å². The SMILES string of the molecule is COc1ccc([C@@H](O)C(=[N+]=[N-])C(=O)OC(C)(C)C)cc1. The Morgan fingerprint density at radius 3 is 2.25 bits per heavy atom. The van der Waals surface area contributed by atoms with Gasteiger partial charge in [-0.15, -0.1) is 0 Å². The number of esters is 1. The molecule has 0 unspecified atom stereocenters. The lowest BCUT2D eigenvalue weighted by Gasteiger charge is -2.18. The third kappa shape index (κ3) is 4.19. The first-order chi connectivity index (χ1) is 9.28. The monoisotopic (exact) mass is 278 g/mol. The van der Waals surface area contributed by atoms with Gasteiger partial charge in [0, 0.05) is 0 Å². The Morgan fingerprint density at radius 1 is 1.30 bits per heavy atom. The van der Waals surface area contributed by atoms with Crippen molar-refractivity contribution >= 4 is 11.7 Å². The van der Waals surface area contributed by atoms with Crippen molar-refractivity contribution in [2.45, 2.75) is 32.5 Å². The van der Waals surface area contributed by atoms with Gasteiger partial charge in [-0.3, -0.25) is 0 Å². The summed E-state index contributed by atoms with van der Waals surface area (Å²) >= 11 is 0. The summed E-state index contributed by atoms with van der Waals surface area (Å²) in [6.45, 7) is 5.04. The summed E-state index contributed by atoms with van der Waals surface area (Å²) in [7, 11) is 1.52. The lowest BCUT2D eigenvalue weighted by molar-refractivity contribution is -0.152. The Hall–Kier alpha value is -2.17. The molecule has 1 atom stereocenters. The van der Waals surface area contributed by atoms with Crippen LogP contribution in [0.15, 0.2) is 24.3 Å². The second-order valence-corrected chi connectivity index (χ2v) is 5.16. The van der Waals surface area contributed by atoms with Gasteiger partial charge in [-0.25, -0.2) is 4.79 Å². The molecule has 0 fully saturated rings. The van der Waals surface area contributed by atoms with Crippen molar-refractivity contribution in [3.63, 3.8) is 0 Å². The van der Waals surface area contributed by atoms with Crippen molar-refractivity contribution in [3.05, 3.63) is 35.4 Å². The van der Waals surface area contributed by atoms with Crippen molar-refractivity contribution in [3.8, 4) is 5.75 Å². The van der Waals surface area contributed by atoms with Crippen LogP contribution in [0.4, 0.5) is 0 Å². The van der Waals surface area contributed by atoms with Gasteiger partial charge in [0.05, 0.1) is 7.11 Å². The minimum absolute atomic E-state index is 0.393. The zero-order chi connectivity index (χ0) is 15.3. The molecule has 0 aliphatic heterocycles. The second-order valence-electron chi connectivity index (χ2n) is 5.16. The van der Waals surface area contributed by atoms with Gasteiger partial charge >= 0.3 is 11.7 Å². The van der Waals surface area contributed by atoms with Gasteiger partial charge in [0.15, 0.2) is 6.10 Å². The van der Waals surface area contributed by atoms with E-state index in [2.05, 4.69) is 4.79 Å². The molecule has 0 amide bonds. The smallest absolute Gasteiger partial charge is 0.420 e. The van der Waals surface area contributed by atoms with Gasteiger partial charge in [-0.1, -0.05) is 12.1 Å². The summed E-state index contributed by atoms with van der Waals surface area (Å²) in [5.74, 6) is -0.260. The molecule has 0 aliphatic carbocycles. The molecule has 0 saturated carbocycles. The first kappa shape index (κ1) is 15.9. The molecule has 0 bridgehead atoms. The summed E-state index contributed by atoms with van der Waals surface area (Å²) in [4.78, 5) is 14.7. The Kier molecular flexibility index (Phi) is 5.02. The van der Waals surface area contributed by atoms with Gasteiger partial charge in [-0.2, -0.15) is 4.79 Å². The van der Waals surface area contributed by atoms with Gasteiger partial charge in [-0.05, 0) is 38.5 Å². The van der Waals surface area contributed by atoms with E-state index >= 15 is 0 Å². The molecule has 20 heavy (non-hydrogen) atoms. The fraction of sp³-hybridized carbons (Fsp3) is 0.429. The number of nitrogens with zero attached hydrogens (tertiary/aromatic N) is 2. The predicted molar refractivity (Wildman–Crippen MR) is 72.4 cm³/mol. The zero-order valence-corrected chi connectivity index (χ0v) is 12.0. The number of aliphatic hydroxyl groups is 1. The average Bonchev–Trinajstić information content (AvgIpc) is 2.37. The van der Waals surface area contributed by atoms with Crippen LogP contribution in [0.2, 0.25) is 0 Å². The lowest BCUT2D eigenvalue weighted by Crippen LogP contribution is -2.32. The number of aliphatic hydroxyl groups excluding tert-OH is 1. The van der Waals surface area contributed by atoms with Crippen molar-refractivity contribution in [1.82, 2.24) is 0 Å². The molecular formula is C14H18N2O4. The summed E-state index contributed by atoms with van der Waals surface area (Å²) in [5, 5.41) is 10.1. The van der Waals surface area contributed by atoms with E-state index in [1.165, 1.54) is 7.11 Å². The molecule has 0 aliphatic rings. The minimum Gasteiger partial charge on any atom is -0.497 e. The Balaban J connectivity index is 2.94. The van der Waals surface area contributed by atoms with Crippen molar-refractivity contribution < 1.29 is 24.2 Å². The highest BCUT2D eigenvalue weighted by atomic mass is 16.6. The number of carbonyl (C=O) groups is 1. The Bertz CT molecular complexity index is 525. The van der Waals surface area contributed by atoms with E-state index in [1.807, 2.05) is 0 Å². The van der Waals surface area contributed by atoms with E-state index in [0.29, 0.717) is 11.3 Å². The summed E-state index contributed by atoms with van der Waals surface area (Å²) in [6, 6.07) is 6.39. The van der Waals surface area contributed by atoms with Crippen LogP contribution in [-0.2, 0) is 9.53 Å². The van der Waals surface area contributed by atoms with Crippen molar-refractivity contribution in [2.75, 3.05) is 7.11 Å². The summed E-state index contributed by atoms with van der Waals surface area (Å²) < 4.78 is 10.1. The number of methoxy groups -OCH3 is 1. The first-order valence-corrected chi connectivity index (χ1v) is 6.06. The number of rotatable bonds is 4. The molecule has 0 aromatic heterocycles. The fourth-order valence-corrected chi connectivity index (χ4v) is 1.48. The predicted octanol–water partition coefficient (Wildman–Crippen LogP) is 1.74. The van der Waals surface area contributed by atoms with Crippen molar-refractivity contribution in [2.24, 2.45) is 0 Å². The Morgan fingerprint density at radius 2 is 1.85 bits per heavy atom. The molecule has 1 rings (SSSR count). The molecule has 0 saturated heterocycles. The summed E-state index contributed by atoms with van der Waals surface area (Å²) in [5.41, 5.74) is 8.11. The number of ether oxygens (including phenoxy) is 2. The molecule has 1 aromatic rings. The molecule has 1 aromatic carbocycles. The molecule has 6 nitrogen and oxygen atoms in total. The quantitative estimate of drug-likeness (QED) is 0.393. The normalized spacial score (nSPS) is 12.2. The minimum atomic E-state index is -1.37. The van der Waals surface area contributed by atoms with Crippen LogP contribution in [0.1, 0.15) is 32.4 Å². The van der Waals surface area contributed by atoms with Crippen molar-refractivity contribution in [1.29, 1.82) is 0 Å². The second kappa shape index (κ2) is 6.32. The van der Waals surface area contributed by atoms with E-state index < -0.39 is 23.4 Å². The first-order valence-electron chi connectivity index (χ1n) is 6.06. The third-order valence-electron chi connectivity index (χ3n) is 2.41. The third-order valence-corrected chi connectivity index (χ3v) is 2.41. The van der Waals surface area contributed by atoms with E-state index in [0.717, 1.165) is 0 Å². The molecule has 0 spiro atoms. The topological polar surface area (TPSA) is 92.2 Å². The number of hydrogen-bond acceptors (Lipinski definition) is 4. The number of hydrogen-bond donors (Lipinski definition) is 1. The van der Waals surface area contributed by atoms with Gasteiger partial charge in [0.25, 0.3) is 0 Å². The largest absolute Gasteiger partial charge is 0.497 e. The van der Waals surface area contributed by atoms with E-state index in [4.69, 9.17) is 15.0 Å². The molecule has 1 N–H and O–H groups in total. The standard InChI is InChI=1S/C14H18N2O4/c1-14(2,3)20-13(18)11(16-15)12(17)9-5-7-10(19-4)8-6-9/h5-8,12,17H,1-4H3/t12-/m1/s1. The maximum Gasteiger partial charge on any atom is 0.420 e. The van der Waals surface area contributed by atoms with Gasteiger partial charge in [0.2, 0.25) is 0 Å². The van der Waals surface area contributed by atoms with Crippen LogP contribution in [0.3, 0.4) is 0 Å². The Labute approximate surface area is 117 Å².